The van der Waals surface area contributed by atoms with Gasteiger partial charge in [-0.15, -0.1) is 11.3 Å². The molecule has 0 unspecified atom stereocenters. The van der Waals surface area contributed by atoms with Gasteiger partial charge in [0.25, 0.3) is 10.0 Å². The van der Waals surface area contributed by atoms with Crippen LogP contribution in [0.3, 0.4) is 0 Å². The number of halogens is 2. The Bertz CT molecular complexity index is 725. The van der Waals surface area contributed by atoms with Crippen molar-refractivity contribution in [1.29, 1.82) is 0 Å². The molecule has 0 saturated carbocycles. The van der Waals surface area contributed by atoms with Crippen molar-refractivity contribution in [3.63, 3.8) is 0 Å². The lowest BCUT2D eigenvalue weighted by atomic mass is 10.3. The van der Waals surface area contributed by atoms with Crippen LogP contribution in [0.1, 0.15) is 9.67 Å². The summed E-state index contributed by atoms with van der Waals surface area (Å²) in [5.41, 5.74) is -0.385. The maximum atomic E-state index is 13.4. The van der Waals surface area contributed by atoms with Gasteiger partial charge >= 0.3 is 0 Å². The molecule has 1 aromatic carbocycles. The second kappa shape index (κ2) is 5.06. The summed E-state index contributed by atoms with van der Waals surface area (Å²) < 4.78 is 52.0. The third-order valence-electron chi connectivity index (χ3n) is 2.23. The van der Waals surface area contributed by atoms with Gasteiger partial charge in [0, 0.05) is 6.07 Å². The molecule has 0 aliphatic heterocycles. The summed E-state index contributed by atoms with van der Waals surface area (Å²) in [5, 5.41) is 1.43. The lowest BCUT2D eigenvalue weighted by Gasteiger charge is -2.08. The lowest BCUT2D eigenvalue weighted by molar-refractivity contribution is 0.112. The Kier molecular flexibility index (Phi) is 3.63. The minimum atomic E-state index is -4.08. The maximum Gasteiger partial charge on any atom is 0.263 e. The molecule has 100 valence electrons. The Labute approximate surface area is 111 Å². The van der Waals surface area contributed by atoms with Crippen molar-refractivity contribution in [3.8, 4) is 0 Å². The van der Waals surface area contributed by atoms with Crippen LogP contribution in [0.15, 0.2) is 34.5 Å². The van der Waals surface area contributed by atoms with Gasteiger partial charge in [0.05, 0.1) is 10.6 Å². The monoisotopic (exact) mass is 303 g/mol. The van der Waals surface area contributed by atoms with E-state index in [0.717, 1.165) is 23.5 Å². The largest absolute Gasteiger partial charge is 0.297 e. The Hall–Kier alpha value is -1.80. The first-order chi connectivity index (χ1) is 8.94. The van der Waals surface area contributed by atoms with E-state index in [2.05, 4.69) is 0 Å². The van der Waals surface area contributed by atoms with E-state index < -0.39 is 21.7 Å². The third kappa shape index (κ3) is 2.79. The zero-order valence-electron chi connectivity index (χ0n) is 9.26. The van der Waals surface area contributed by atoms with Crippen molar-refractivity contribution in [2.75, 3.05) is 4.72 Å². The molecule has 0 aliphatic carbocycles. The van der Waals surface area contributed by atoms with Crippen molar-refractivity contribution >= 4 is 33.3 Å². The van der Waals surface area contributed by atoms with Crippen molar-refractivity contribution in [2.45, 2.75) is 4.90 Å². The fourth-order valence-electron chi connectivity index (χ4n) is 1.39. The van der Waals surface area contributed by atoms with E-state index in [-0.39, 0.29) is 15.5 Å². The van der Waals surface area contributed by atoms with Gasteiger partial charge in [-0.25, -0.2) is 17.2 Å². The zero-order chi connectivity index (χ0) is 14.0. The highest BCUT2D eigenvalue weighted by molar-refractivity contribution is 7.93. The van der Waals surface area contributed by atoms with Crippen LogP contribution in [-0.2, 0) is 10.0 Å². The van der Waals surface area contributed by atoms with Gasteiger partial charge < -0.3 is 0 Å². The zero-order valence-corrected chi connectivity index (χ0v) is 10.9. The topological polar surface area (TPSA) is 63.2 Å². The van der Waals surface area contributed by atoms with Gasteiger partial charge in [0.15, 0.2) is 6.29 Å². The van der Waals surface area contributed by atoms with E-state index in [1.807, 2.05) is 4.72 Å². The summed E-state index contributed by atoms with van der Waals surface area (Å²) in [6.45, 7) is 0. The number of hydrogen-bond donors (Lipinski definition) is 1. The smallest absolute Gasteiger partial charge is 0.263 e. The minimum absolute atomic E-state index is 0.00928. The number of carbonyl (C=O) groups excluding carboxylic acids is 1. The average Bonchev–Trinajstić information content (AvgIpc) is 2.82. The molecule has 0 bridgehead atoms. The molecule has 0 fully saturated rings. The number of thiophene rings is 1. The van der Waals surface area contributed by atoms with Crippen LogP contribution in [-0.4, -0.2) is 14.7 Å². The fraction of sp³-hybridized carbons (Fsp3) is 0. The number of hydrogen-bond acceptors (Lipinski definition) is 4. The molecule has 1 N–H and O–H groups in total. The maximum absolute atomic E-state index is 13.4. The predicted octanol–water partition coefficient (Wildman–Crippen LogP) is 2.64. The predicted molar refractivity (Wildman–Crippen MR) is 66.9 cm³/mol. The Balaban J connectivity index is 2.39. The number of benzene rings is 1. The molecule has 0 aliphatic rings. The molecular formula is C11H7F2NO3S2. The highest BCUT2D eigenvalue weighted by Crippen LogP contribution is 2.24. The molecule has 4 nitrogen and oxygen atoms in total. The van der Waals surface area contributed by atoms with Gasteiger partial charge in [-0.2, -0.15) is 0 Å². The van der Waals surface area contributed by atoms with Crippen LogP contribution in [0.5, 0.6) is 0 Å². The highest BCUT2D eigenvalue weighted by atomic mass is 32.2. The molecule has 0 amide bonds. The van der Waals surface area contributed by atoms with Gasteiger partial charge in [-0.3, -0.25) is 9.52 Å². The minimum Gasteiger partial charge on any atom is -0.297 e. The molecular weight excluding hydrogens is 296 g/mol. The van der Waals surface area contributed by atoms with E-state index in [0.29, 0.717) is 12.4 Å². The molecule has 19 heavy (non-hydrogen) atoms. The summed E-state index contributed by atoms with van der Waals surface area (Å²) >= 11 is 0.953. The van der Waals surface area contributed by atoms with E-state index in [1.165, 1.54) is 11.4 Å². The van der Waals surface area contributed by atoms with Crippen LogP contribution in [0, 0.1) is 11.6 Å². The Morgan fingerprint density at radius 3 is 2.58 bits per heavy atom. The first-order valence-corrected chi connectivity index (χ1v) is 7.31. The third-order valence-corrected chi connectivity index (χ3v) is 4.62. The second-order valence-electron chi connectivity index (χ2n) is 3.50. The highest BCUT2D eigenvalue weighted by Gasteiger charge is 2.21. The van der Waals surface area contributed by atoms with Crippen LogP contribution in [0.25, 0.3) is 0 Å². The number of sulfonamides is 1. The van der Waals surface area contributed by atoms with Crippen molar-refractivity contribution in [2.24, 2.45) is 0 Å². The first kappa shape index (κ1) is 13.6. The fourth-order valence-corrected chi connectivity index (χ4v) is 3.66. The molecule has 0 spiro atoms. The number of aldehydes is 1. The SMILES string of the molecule is O=Cc1sccc1S(=O)(=O)Nc1ccc(F)cc1F. The molecule has 8 heteroatoms. The molecule has 0 radical (unpaired) electrons. The van der Waals surface area contributed by atoms with Crippen LogP contribution in [0.2, 0.25) is 0 Å². The molecule has 2 aromatic rings. The van der Waals surface area contributed by atoms with E-state index in [1.54, 1.807) is 0 Å². The van der Waals surface area contributed by atoms with E-state index >= 15 is 0 Å². The molecule has 1 heterocycles. The Morgan fingerprint density at radius 2 is 1.95 bits per heavy atom. The van der Waals surface area contributed by atoms with Gasteiger partial charge in [-0.1, -0.05) is 0 Å². The molecule has 0 saturated heterocycles. The Morgan fingerprint density at radius 1 is 1.21 bits per heavy atom. The summed E-state index contributed by atoms with van der Waals surface area (Å²) in [5.74, 6) is -1.85. The number of anilines is 1. The standard InChI is InChI=1S/C11H7F2NO3S2/c12-7-1-2-9(8(13)5-7)14-19(16,17)11-3-4-18-10(11)6-15/h1-6,14H. The van der Waals surface area contributed by atoms with Crippen molar-refractivity contribution in [1.82, 2.24) is 0 Å². The number of rotatable bonds is 4. The normalized spacial score (nSPS) is 11.3. The molecule has 1 aromatic heterocycles. The molecule has 2 rings (SSSR count). The quantitative estimate of drug-likeness (QED) is 0.883. The summed E-state index contributed by atoms with van der Waals surface area (Å²) in [7, 11) is -4.08. The van der Waals surface area contributed by atoms with E-state index in [9.17, 15) is 22.0 Å². The molecule has 0 atom stereocenters. The van der Waals surface area contributed by atoms with Crippen LogP contribution >= 0.6 is 11.3 Å². The summed E-state index contributed by atoms with van der Waals surface area (Å²) in [4.78, 5) is 10.5. The van der Waals surface area contributed by atoms with Crippen molar-refractivity contribution in [3.05, 3.63) is 46.2 Å². The van der Waals surface area contributed by atoms with E-state index in [4.69, 9.17) is 0 Å². The summed E-state index contributed by atoms with van der Waals surface area (Å²) in [6, 6.07) is 3.69. The van der Waals surface area contributed by atoms with Crippen molar-refractivity contribution < 1.29 is 22.0 Å². The van der Waals surface area contributed by atoms with Gasteiger partial charge in [0.1, 0.15) is 16.5 Å². The van der Waals surface area contributed by atoms with Crippen LogP contribution < -0.4 is 4.72 Å². The second-order valence-corrected chi connectivity index (χ2v) is 6.10. The van der Waals surface area contributed by atoms with Gasteiger partial charge in [0.2, 0.25) is 0 Å². The number of nitrogens with one attached hydrogen (secondary N) is 1. The lowest BCUT2D eigenvalue weighted by Crippen LogP contribution is -2.14. The summed E-state index contributed by atoms with van der Waals surface area (Å²) in [6.07, 6.45) is 0.403. The van der Waals surface area contributed by atoms with Gasteiger partial charge in [-0.05, 0) is 23.6 Å². The average molecular weight is 303 g/mol. The number of carbonyl (C=O) groups is 1. The van der Waals surface area contributed by atoms with Crippen LogP contribution in [0.4, 0.5) is 14.5 Å². The first-order valence-electron chi connectivity index (χ1n) is 4.94.